The number of carbonyl (C=O) groups excluding carboxylic acids is 4. The van der Waals surface area contributed by atoms with E-state index in [1.807, 2.05) is 0 Å². The molecule has 606 valence electrons. The standard InChI is InChI=1S/C83H162O17P2/c1-9-76(8)62-54-46-38-30-22-16-13-14-17-23-31-39-47-55-63-80(85)93-69-78(99-82(87)65-57-49-41-32-24-18-12-10-11-15-20-27-35-43-51-59-73(2)3)71-97-101(89,90)95-67-77(84)68-96-102(91,92)98-72-79(70-94-81(86)64-56-48-40-34-26-29-37-45-53-61-75(6)7)100-83(88)66-58-50-42-33-25-19-21-28-36-44-52-60-74(4)5/h73-79,84H,9-72H2,1-8H3,(H,89,90)(H,91,92)/t76?,77-,78-,79-/m1/s1. The van der Waals surface area contributed by atoms with Crippen LogP contribution in [0, 0.1) is 23.7 Å². The van der Waals surface area contributed by atoms with E-state index in [0.29, 0.717) is 25.7 Å². The van der Waals surface area contributed by atoms with Crippen molar-refractivity contribution in [3.05, 3.63) is 0 Å². The molecule has 6 atom stereocenters. The molecule has 0 aliphatic rings. The Kier molecular flexibility index (Phi) is 70.6. The fourth-order valence-electron chi connectivity index (χ4n) is 12.8. The molecular weight excluding hydrogens is 1330 g/mol. The van der Waals surface area contributed by atoms with Crippen molar-refractivity contribution < 1.29 is 80.2 Å². The highest BCUT2D eigenvalue weighted by Gasteiger charge is 2.30. The lowest BCUT2D eigenvalue weighted by atomic mass is 9.99. The van der Waals surface area contributed by atoms with Crippen LogP contribution >= 0.6 is 15.6 Å². The van der Waals surface area contributed by atoms with Gasteiger partial charge >= 0.3 is 39.5 Å². The van der Waals surface area contributed by atoms with Crippen molar-refractivity contribution in [3.8, 4) is 0 Å². The summed E-state index contributed by atoms with van der Waals surface area (Å²) >= 11 is 0. The van der Waals surface area contributed by atoms with Crippen LogP contribution in [0.4, 0.5) is 0 Å². The van der Waals surface area contributed by atoms with Crippen molar-refractivity contribution in [2.24, 2.45) is 23.7 Å². The molecule has 0 aromatic carbocycles. The number of hydrogen-bond donors (Lipinski definition) is 3. The third kappa shape index (κ3) is 74.9. The number of unbranched alkanes of at least 4 members (excludes halogenated alkanes) is 45. The number of phosphoric ester groups is 2. The van der Waals surface area contributed by atoms with Crippen LogP contribution in [-0.2, 0) is 65.4 Å². The van der Waals surface area contributed by atoms with E-state index >= 15 is 0 Å². The SMILES string of the molecule is CCC(C)CCCCCCCCCCCCCCCCC(=O)OC[C@H](COP(=O)(O)OC[C@@H](O)COP(=O)(O)OC[C@@H](COC(=O)CCCCCCCCCCCC(C)C)OC(=O)CCCCCCCCCCCCCC(C)C)OC(=O)CCCCCCCCCCCCCCCCCC(C)C. The Hall–Kier alpha value is -1.94. The van der Waals surface area contributed by atoms with Crippen LogP contribution in [0.25, 0.3) is 0 Å². The first kappa shape index (κ1) is 100. The Bertz CT molecular complexity index is 1990. The number of rotatable bonds is 80. The Morgan fingerprint density at radius 3 is 0.696 bits per heavy atom. The number of phosphoric acid groups is 2. The quantitative estimate of drug-likeness (QED) is 0.0222. The van der Waals surface area contributed by atoms with E-state index in [4.69, 9.17) is 37.0 Å². The first-order valence-corrected chi connectivity index (χ1v) is 45.7. The molecule has 0 aromatic heterocycles. The van der Waals surface area contributed by atoms with Crippen LogP contribution in [0.3, 0.4) is 0 Å². The van der Waals surface area contributed by atoms with Crippen molar-refractivity contribution in [2.75, 3.05) is 39.6 Å². The average molecular weight is 1490 g/mol. The number of ether oxygens (including phenoxy) is 4. The molecule has 0 aromatic rings. The van der Waals surface area contributed by atoms with E-state index in [-0.39, 0.29) is 25.7 Å². The molecule has 0 saturated heterocycles. The van der Waals surface area contributed by atoms with Crippen molar-refractivity contribution in [1.29, 1.82) is 0 Å². The van der Waals surface area contributed by atoms with Crippen LogP contribution in [0.5, 0.6) is 0 Å². The molecule has 0 radical (unpaired) electrons. The zero-order valence-electron chi connectivity index (χ0n) is 67.2. The zero-order chi connectivity index (χ0) is 75.3. The van der Waals surface area contributed by atoms with Gasteiger partial charge < -0.3 is 33.8 Å². The molecule has 3 N–H and O–H groups in total. The number of esters is 4. The summed E-state index contributed by atoms with van der Waals surface area (Å²) in [5.41, 5.74) is 0. The number of aliphatic hydroxyl groups is 1. The highest BCUT2D eigenvalue weighted by atomic mass is 31.2. The second-order valence-corrected chi connectivity index (χ2v) is 34.4. The van der Waals surface area contributed by atoms with Crippen molar-refractivity contribution >= 4 is 39.5 Å². The van der Waals surface area contributed by atoms with Crippen LogP contribution in [0.2, 0.25) is 0 Å². The van der Waals surface area contributed by atoms with Gasteiger partial charge in [-0.25, -0.2) is 9.13 Å². The molecule has 0 bridgehead atoms. The van der Waals surface area contributed by atoms with Crippen LogP contribution in [0.15, 0.2) is 0 Å². The summed E-state index contributed by atoms with van der Waals surface area (Å²) in [4.78, 5) is 73.1. The molecule has 3 unspecified atom stereocenters. The minimum atomic E-state index is -4.96. The summed E-state index contributed by atoms with van der Waals surface area (Å²) in [6, 6.07) is 0. The van der Waals surface area contributed by atoms with Gasteiger partial charge in [-0.05, 0) is 49.4 Å². The normalized spacial score (nSPS) is 14.3. The molecular formula is C83H162O17P2. The summed E-state index contributed by atoms with van der Waals surface area (Å²) < 4.78 is 68.8. The minimum absolute atomic E-state index is 0.106. The van der Waals surface area contributed by atoms with Gasteiger partial charge in [-0.2, -0.15) is 0 Å². The average Bonchev–Trinajstić information content (AvgIpc) is 0.910. The summed E-state index contributed by atoms with van der Waals surface area (Å²) in [7, 11) is -9.93. The Morgan fingerprint density at radius 2 is 0.471 bits per heavy atom. The van der Waals surface area contributed by atoms with E-state index in [1.54, 1.807) is 0 Å². The highest BCUT2D eigenvalue weighted by Crippen LogP contribution is 2.45. The predicted octanol–water partition coefficient (Wildman–Crippen LogP) is 24.8. The lowest BCUT2D eigenvalue weighted by Crippen LogP contribution is -2.30. The monoisotopic (exact) mass is 1490 g/mol. The summed E-state index contributed by atoms with van der Waals surface area (Å²) in [6.45, 7) is 14.3. The third-order valence-corrected chi connectivity index (χ3v) is 21.6. The van der Waals surface area contributed by atoms with Crippen molar-refractivity contribution in [1.82, 2.24) is 0 Å². The molecule has 0 rings (SSSR count). The van der Waals surface area contributed by atoms with Gasteiger partial charge in [0, 0.05) is 25.7 Å². The number of hydrogen-bond acceptors (Lipinski definition) is 15. The van der Waals surface area contributed by atoms with Gasteiger partial charge in [0.15, 0.2) is 12.2 Å². The van der Waals surface area contributed by atoms with Gasteiger partial charge in [-0.15, -0.1) is 0 Å². The summed E-state index contributed by atoms with van der Waals surface area (Å²) in [6.07, 6.45) is 59.5. The van der Waals surface area contributed by atoms with Gasteiger partial charge in [-0.3, -0.25) is 37.3 Å². The van der Waals surface area contributed by atoms with Crippen LogP contribution < -0.4 is 0 Å². The molecule has 0 fully saturated rings. The summed E-state index contributed by atoms with van der Waals surface area (Å²) in [5.74, 6) is 1.05. The molecule has 0 heterocycles. The number of carbonyl (C=O) groups is 4. The van der Waals surface area contributed by atoms with E-state index in [9.17, 15) is 43.2 Å². The topological polar surface area (TPSA) is 237 Å². The zero-order valence-corrected chi connectivity index (χ0v) is 69.0. The van der Waals surface area contributed by atoms with Gasteiger partial charge in [0.1, 0.15) is 19.3 Å². The molecule has 0 saturated carbocycles. The Balaban J connectivity index is 5.27. The molecule has 0 aliphatic heterocycles. The van der Waals surface area contributed by atoms with E-state index in [1.165, 1.54) is 231 Å². The van der Waals surface area contributed by atoms with Crippen molar-refractivity contribution in [3.63, 3.8) is 0 Å². The smallest absolute Gasteiger partial charge is 0.462 e. The maximum atomic E-state index is 13.1. The van der Waals surface area contributed by atoms with Crippen LogP contribution in [0.1, 0.15) is 428 Å². The van der Waals surface area contributed by atoms with E-state index in [2.05, 4.69) is 55.4 Å². The fraction of sp³-hybridized carbons (Fsp3) is 0.952. The van der Waals surface area contributed by atoms with Gasteiger partial charge in [0.05, 0.1) is 26.4 Å². The molecule has 0 aliphatic carbocycles. The fourth-order valence-corrected chi connectivity index (χ4v) is 14.3. The molecule has 0 spiro atoms. The Morgan fingerprint density at radius 1 is 0.275 bits per heavy atom. The van der Waals surface area contributed by atoms with Gasteiger partial charge in [0.25, 0.3) is 0 Å². The van der Waals surface area contributed by atoms with E-state index in [0.717, 1.165) is 114 Å². The molecule has 0 amide bonds. The van der Waals surface area contributed by atoms with Crippen LogP contribution in [-0.4, -0.2) is 96.7 Å². The largest absolute Gasteiger partial charge is 0.472 e. The second kappa shape index (κ2) is 72.0. The second-order valence-electron chi connectivity index (χ2n) is 31.5. The predicted molar refractivity (Wildman–Crippen MR) is 418 cm³/mol. The Labute approximate surface area is 626 Å². The van der Waals surface area contributed by atoms with Gasteiger partial charge in [0.2, 0.25) is 0 Å². The first-order valence-electron chi connectivity index (χ1n) is 42.7. The highest BCUT2D eigenvalue weighted by molar-refractivity contribution is 7.47. The minimum Gasteiger partial charge on any atom is -0.462 e. The lowest BCUT2D eigenvalue weighted by Gasteiger charge is -2.21. The third-order valence-electron chi connectivity index (χ3n) is 19.7. The lowest BCUT2D eigenvalue weighted by molar-refractivity contribution is -0.161. The summed E-state index contributed by atoms with van der Waals surface area (Å²) in [5, 5.41) is 10.7. The maximum Gasteiger partial charge on any atom is 0.472 e. The van der Waals surface area contributed by atoms with Gasteiger partial charge in [-0.1, -0.05) is 376 Å². The molecule has 17 nitrogen and oxygen atoms in total. The molecule has 19 heteroatoms. The van der Waals surface area contributed by atoms with Crippen molar-refractivity contribution in [2.45, 2.75) is 446 Å². The molecule has 102 heavy (non-hydrogen) atoms. The van der Waals surface area contributed by atoms with E-state index < -0.39 is 97.5 Å². The first-order chi connectivity index (χ1) is 49.1. The number of aliphatic hydroxyl groups excluding tert-OH is 1. The maximum absolute atomic E-state index is 13.1.